The lowest BCUT2D eigenvalue weighted by Crippen LogP contribution is -2.42. The summed E-state index contributed by atoms with van der Waals surface area (Å²) < 4.78 is 4.95. The van der Waals surface area contributed by atoms with Crippen LogP contribution in [-0.2, 0) is 20.7 Å². The van der Waals surface area contributed by atoms with Gasteiger partial charge >= 0.3 is 5.97 Å². The third kappa shape index (κ3) is 5.55. The van der Waals surface area contributed by atoms with Crippen LogP contribution in [0.2, 0.25) is 0 Å². The van der Waals surface area contributed by atoms with Gasteiger partial charge in [-0.25, -0.2) is 4.79 Å². The van der Waals surface area contributed by atoms with Crippen LogP contribution in [0.1, 0.15) is 32.3 Å². The number of hydrogen-bond acceptors (Lipinski definition) is 3. The molecule has 1 atom stereocenters. The maximum Gasteiger partial charge on any atom is 0.328 e. The molecular weight excluding hydrogens is 242 g/mol. The topological polar surface area (TPSA) is 55.4 Å². The van der Waals surface area contributed by atoms with E-state index in [9.17, 15) is 9.59 Å². The maximum atomic E-state index is 11.9. The van der Waals surface area contributed by atoms with Crippen LogP contribution in [-0.4, -0.2) is 24.5 Å². The van der Waals surface area contributed by atoms with Crippen LogP contribution in [0.4, 0.5) is 0 Å². The summed E-state index contributed by atoms with van der Waals surface area (Å²) in [5.41, 5.74) is 0.930. The van der Waals surface area contributed by atoms with Crippen molar-refractivity contribution in [2.24, 2.45) is 0 Å². The molecule has 1 aromatic rings. The van der Waals surface area contributed by atoms with E-state index in [1.807, 2.05) is 37.3 Å². The van der Waals surface area contributed by atoms with Crippen molar-refractivity contribution in [1.82, 2.24) is 5.32 Å². The predicted molar refractivity (Wildman–Crippen MR) is 73.6 cm³/mol. The number of hydrogen-bond donors (Lipinski definition) is 1. The van der Waals surface area contributed by atoms with Crippen molar-refractivity contribution < 1.29 is 14.3 Å². The number of amides is 1. The van der Waals surface area contributed by atoms with Gasteiger partial charge in [0, 0.05) is 0 Å². The molecule has 0 aromatic heterocycles. The van der Waals surface area contributed by atoms with Crippen molar-refractivity contribution in [2.75, 3.05) is 6.61 Å². The molecule has 0 spiro atoms. The first-order valence-electron chi connectivity index (χ1n) is 6.67. The van der Waals surface area contributed by atoms with Crippen LogP contribution in [0.15, 0.2) is 30.3 Å². The number of benzene rings is 1. The summed E-state index contributed by atoms with van der Waals surface area (Å²) >= 11 is 0. The summed E-state index contributed by atoms with van der Waals surface area (Å²) in [6, 6.07) is 8.91. The zero-order valence-corrected chi connectivity index (χ0v) is 11.5. The summed E-state index contributed by atoms with van der Waals surface area (Å²) in [4.78, 5) is 23.6. The van der Waals surface area contributed by atoms with Crippen LogP contribution in [0.3, 0.4) is 0 Å². The molecule has 1 N–H and O–H groups in total. The van der Waals surface area contributed by atoms with E-state index in [-0.39, 0.29) is 18.3 Å². The summed E-state index contributed by atoms with van der Waals surface area (Å²) in [6.07, 6.45) is 1.69. The Kier molecular flexibility index (Phi) is 6.64. The molecule has 0 radical (unpaired) electrons. The molecule has 0 saturated carbocycles. The first-order valence-corrected chi connectivity index (χ1v) is 6.67. The van der Waals surface area contributed by atoms with Gasteiger partial charge in [-0.15, -0.1) is 0 Å². The van der Waals surface area contributed by atoms with E-state index in [1.165, 1.54) is 0 Å². The Morgan fingerprint density at radius 3 is 2.47 bits per heavy atom. The number of carbonyl (C=O) groups is 2. The smallest absolute Gasteiger partial charge is 0.328 e. The van der Waals surface area contributed by atoms with Gasteiger partial charge in [0.1, 0.15) is 6.04 Å². The SMILES string of the molecule is CCCC(NC(=O)Cc1ccccc1)C(=O)OCC. The maximum absolute atomic E-state index is 11.9. The summed E-state index contributed by atoms with van der Waals surface area (Å²) in [5, 5.41) is 2.74. The average Bonchev–Trinajstić information content (AvgIpc) is 2.39. The van der Waals surface area contributed by atoms with Crippen molar-refractivity contribution in [3.8, 4) is 0 Å². The molecule has 19 heavy (non-hydrogen) atoms. The van der Waals surface area contributed by atoms with E-state index in [0.717, 1.165) is 12.0 Å². The Morgan fingerprint density at radius 1 is 1.21 bits per heavy atom. The summed E-state index contributed by atoms with van der Waals surface area (Å²) in [7, 11) is 0. The fourth-order valence-corrected chi connectivity index (χ4v) is 1.81. The molecule has 0 aliphatic rings. The van der Waals surface area contributed by atoms with Crippen molar-refractivity contribution in [3.05, 3.63) is 35.9 Å². The lowest BCUT2D eigenvalue weighted by atomic mass is 10.1. The van der Waals surface area contributed by atoms with Crippen LogP contribution in [0.25, 0.3) is 0 Å². The Labute approximate surface area is 114 Å². The minimum Gasteiger partial charge on any atom is -0.464 e. The highest BCUT2D eigenvalue weighted by Gasteiger charge is 2.20. The number of ether oxygens (including phenoxy) is 1. The highest BCUT2D eigenvalue weighted by Crippen LogP contribution is 2.03. The molecule has 0 fully saturated rings. The minimum atomic E-state index is -0.541. The fraction of sp³-hybridized carbons (Fsp3) is 0.467. The standard InChI is InChI=1S/C15H21NO3/c1-3-8-13(15(18)19-4-2)16-14(17)11-12-9-6-5-7-10-12/h5-7,9-10,13H,3-4,8,11H2,1-2H3,(H,16,17). The second-order valence-corrected chi connectivity index (χ2v) is 4.32. The Bertz CT molecular complexity index is 403. The number of carbonyl (C=O) groups excluding carboxylic acids is 2. The van der Waals surface area contributed by atoms with Gasteiger partial charge in [-0.05, 0) is 18.9 Å². The van der Waals surface area contributed by atoms with E-state index in [0.29, 0.717) is 13.0 Å². The minimum absolute atomic E-state index is 0.155. The van der Waals surface area contributed by atoms with E-state index >= 15 is 0 Å². The molecule has 1 unspecified atom stereocenters. The Balaban J connectivity index is 2.54. The molecule has 0 aliphatic heterocycles. The van der Waals surface area contributed by atoms with E-state index in [4.69, 9.17) is 4.74 Å². The van der Waals surface area contributed by atoms with Crippen molar-refractivity contribution in [3.63, 3.8) is 0 Å². The lowest BCUT2D eigenvalue weighted by molar-refractivity contribution is -0.147. The third-order valence-electron chi connectivity index (χ3n) is 2.69. The van der Waals surface area contributed by atoms with Crippen LogP contribution in [0.5, 0.6) is 0 Å². The van der Waals surface area contributed by atoms with Gasteiger partial charge < -0.3 is 10.1 Å². The summed E-state index contributed by atoms with van der Waals surface area (Å²) in [5.74, 6) is -0.511. The normalized spacial score (nSPS) is 11.7. The van der Waals surface area contributed by atoms with Gasteiger partial charge in [-0.2, -0.15) is 0 Å². The van der Waals surface area contributed by atoms with Crippen molar-refractivity contribution in [1.29, 1.82) is 0 Å². The van der Waals surface area contributed by atoms with Gasteiger partial charge in [0.25, 0.3) is 0 Å². The quantitative estimate of drug-likeness (QED) is 0.766. The molecule has 0 bridgehead atoms. The van der Waals surface area contributed by atoms with Gasteiger partial charge in [-0.1, -0.05) is 43.7 Å². The zero-order chi connectivity index (χ0) is 14.1. The number of nitrogens with one attached hydrogen (secondary N) is 1. The first-order chi connectivity index (χ1) is 9.17. The van der Waals surface area contributed by atoms with Crippen LogP contribution in [0, 0.1) is 0 Å². The highest BCUT2D eigenvalue weighted by atomic mass is 16.5. The molecule has 1 amide bonds. The highest BCUT2D eigenvalue weighted by molar-refractivity contribution is 5.85. The zero-order valence-electron chi connectivity index (χ0n) is 11.5. The average molecular weight is 263 g/mol. The third-order valence-corrected chi connectivity index (χ3v) is 2.69. The molecule has 4 heteroatoms. The van der Waals surface area contributed by atoms with Crippen LogP contribution >= 0.6 is 0 Å². The molecule has 0 aliphatic carbocycles. The molecule has 4 nitrogen and oxygen atoms in total. The van der Waals surface area contributed by atoms with Gasteiger partial charge in [-0.3, -0.25) is 4.79 Å². The molecule has 104 valence electrons. The van der Waals surface area contributed by atoms with Crippen molar-refractivity contribution >= 4 is 11.9 Å². The summed E-state index contributed by atoms with van der Waals surface area (Å²) in [6.45, 7) is 4.05. The van der Waals surface area contributed by atoms with E-state index in [1.54, 1.807) is 6.92 Å². The largest absolute Gasteiger partial charge is 0.464 e. The number of esters is 1. The molecule has 0 saturated heterocycles. The Hall–Kier alpha value is -1.84. The van der Waals surface area contributed by atoms with E-state index in [2.05, 4.69) is 5.32 Å². The second-order valence-electron chi connectivity index (χ2n) is 4.32. The fourth-order valence-electron chi connectivity index (χ4n) is 1.81. The van der Waals surface area contributed by atoms with Crippen molar-refractivity contribution in [2.45, 2.75) is 39.2 Å². The van der Waals surface area contributed by atoms with Gasteiger partial charge in [0.05, 0.1) is 13.0 Å². The molecule has 1 rings (SSSR count). The molecule has 1 aromatic carbocycles. The predicted octanol–water partition coefficient (Wildman–Crippen LogP) is 2.08. The monoisotopic (exact) mass is 263 g/mol. The van der Waals surface area contributed by atoms with Gasteiger partial charge in [0.15, 0.2) is 0 Å². The first kappa shape index (κ1) is 15.2. The lowest BCUT2D eigenvalue weighted by Gasteiger charge is -2.16. The molecule has 0 heterocycles. The number of rotatable bonds is 7. The van der Waals surface area contributed by atoms with Crippen LogP contribution < -0.4 is 5.32 Å². The molecular formula is C15H21NO3. The Morgan fingerprint density at radius 2 is 1.89 bits per heavy atom. The van der Waals surface area contributed by atoms with E-state index < -0.39 is 6.04 Å². The second kappa shape index (κ2) is 8.29. The van der Waals surface area contributed by atoms with Gasteiger partial charge in [0.2, 0.25) is 5.91 Å².